The van der Waals surface area contributed by atoms with Gasteiger partial charge in [-0.15, -0.1) is 0 Å². The van der Waals surface area contributed by atoms with Crippen molar-refractivity contribution in [1.29, 1.82) is 0 Å². The molecule has 1 N–H and O–H groups in total. The van der Waals surface area contributed by atoms with Gasteiger partial charge in [-0.1, -0.05) is 72.3 Å². The van der Waals surface area contributed by atoms with Gasteiger partial charge >= 0.3 is 0 Å². The molecule has 2 aromatic carbocycles. The molecular weight excluding hydrogens is 230 g/mol. The normalized spacial score (nSPS) is 10.5. The van der Waals surface area contributed by atoms with Crippen LogP contribution in [-0.2, 0) is 0 Å². The molecule has 2 aromatic rings. The van der Waals surface area contributed by atoms with Crippen molar-refractivity contribution >= 4 is 0 Å². The summed E-state index contributed by atoms with van der Waals surface area (Å²) in [4.78, 5) is 0. The van der Waals surface area contributed by atoms with E-state index in [1.165, 1.54) is 16.7 Å². The maximum absolute atomic E-state index is 3.61. The smallest absolute Gasteiger partial charge is 0.0579 e. The molecule has 0 fully saturated rings. The number of hydrogen-bond donors (Lipinski definition) is 1. The van der Waals surface area contributed by atoms with Crippen molar-refractivity contribution in [3.8, 4) is 0 Å². The molecule has 0 aliphatic rings. The average Bonchev–Trinajstić information content (AvgIpc) is 2.45. The lowest BCUT2D eigenvalue weighted by Gasteiger charge is -2.19. The van der Waals surface area contributed by atoms with Crippen LogP contribution in [-0.4, -0.2) is 6.54 Å². The molecule has 1 heteroatoms. The van der Waals surface area contributed by atoms with Crippen LogP contribution in [0, 0.1) is 0 Å². The lowest BCUT2D eigenvalue weighted by molar-refractivity contribution is 0.651. The van der Waals surface area contributed by atoms with Crippen molar-refractivity contribution in [3.63, 3.8) is 0 Å². The zero-order valence-corrected chi connectivity index (χ0v) is 11.6. The van der Waals surface area contributed by atoms with Gasteiger partial charge in [-0.2, -0.15) is 0 Å². The van der Waals surface area contributed by atoms with E-state index in [4.69, 9.17) is 0 Å². The Morgan fingerprint density at radius 1 is 0.895 bits per heavy atom. The average molecular weight is 251 g/mol. The maximum atomic E-state index is 3.61. The van der Waals surface area contributed by atoms with E-state index in [2.05, 4.69) is 85.9 Å². The van der Waals surface area contributed by atoms with Crippen LogP contribution in [0.4, 0.5) is 0 Å². The van der Waals surface area contributed by atoms with E-state index in [0.29, 0.717) is 0 Å². The van der Waals surface area contributed by atoms with Crippen LogP contribution >= 0.6 is 0 Å². The number of hydrogen-bond acceptors (Lipinski definition) is 1. The van der Waals surface area contributed by atoms with E-state index < -0.39 is 0 Å². The molecule has 0 aromatic heterocycles. The Morgan fingerprint density at radius 3 is 1.79 bits per heavy atom. The van der Waals surface area contributed by atoms with Gasteiger partial charge in [0.15, 0.2) is 0 Å². The second kappa shape index (κ2) is 6.91. The fourth-order valence-corrected chi connectivity index (χ4v) is 2.10. The van der Waals surface area contributed by atoms with Crippen LogP contribution in [0.3, 0.4) is 0 Å². The molecule has 0 amide bonds. The van der Waals surface area contributed by atoms with Crippen LogP contribution in [0.2, 0.25) is 0 Å². The van der Waals surface area contributed by atoms with Crippen molar-refractivity contribution in [2.75, 3.05) is 6.54 Å². The van der Waals surface area contributed by atoms with Crippen LogP contribution < -0.4 is 5.32 Å². The van der Waals surface area contributed by atoms with E-state index in [-0.39, 0.29) is 6.04 Å². The summed E-state index contributed by atoms with van der Waals surface area (Å²) < 4.78 is 0. The summed E-state index contributed by atoms with van der Waals surface area (Å²) in [6, 6.07) is 21.4. The minimum atomic E-state index is 0.248. The van der Waals surface area contributed by atoms with Gasteiger partial charge in [0.1, 0.15) is 0 Å². The Kier molecular flexibility index (Phi) is 4.93. The summed E-state index contributed by atoms with van der Waals surface area (Å²) in [6.45, 7) is 5.14. The van der Waals surface area contributed by atoms with E-state index >= 15 is 0 Å². The van der Waals surface area contributed by atoms with E-state index in [9.17, 15) is 0 Å². The lowest BCUT2D eigenvalue weighted by atomic mass is 9.99. The zero-order valence-electron chi connectivity index (χ0n) is 11.6. The first-order valence-corrected chi connectivity index (χ1v) is 6.74. The first-order valence-electron chi connectivity index (χ1n) is 6.74. The van der Waals surface area contributed by atoms with Crippen molar-refractivity contribution in [1.82, 2.24) is 5.32 Å². The summed E-state index contributed by atoms with van der Waals surface area (Å²) in [7, 11) is 0. The highest BCUT2D eigenvalue weighted by molar-refractivity contribution is 5.31. The minimum Gasteiger partial charge on any atom is -0.303 e. The second-order valence-corrected chi connectivity index (χ2v) is 4.94. The molecule has 0 heterocycles. The largest absolute Gasteiger partial charge is 0.303 e. The number of benzene rings is 2. The molecule has 0 radical (unpaired) electrons. The Hall–Kier alpha value is -1.86. The maximum Gasteiger partial charge on any atom is 0.0579 e. The van der Waals surface area contributed by atoms with Gasteiger partial charge in [0.2, 0.25) is 0 Å². The molecule has 0 saturated carbocycles. The number of allylic oxidation sites excluding steroid dienone is 1. The molecule has 1 nitrogen and oxygen atoms in total. The topological polar surface area (TPSA) is 12.0 Å². The highest BCUT2D eigenvalue weighted by atomic mass is 14.9. The third-order valence-electron chi connectivity index (χ3n) is 3.10. The fourth-order valence-electron chi connectivity index (χ4n) is 2.10. The monoisotopic (exact) mass is 251 g/mol. The first kappa shape index (κ1) is 13.6. The Labute approximate surface area is 116 Å². The highest BCUT2D eigenvalue weighted by Gasteiger charge is 2.11. The molecule has 0 unspecified atom stereocenters. The van der Waals surface area contributed by atoms with Crippen LogP contribution in [0.15, 0.2) is 72.3 Å². The summed E-state index contributed by atoms with van der Waals surface area (Å²) in [5.74, 6) is 0. The molecule has 19 heavy (non-hydrogen) atoms. The predicted octanol–water partition coefficient (Wildman–Crippen LogP) is 4.33. The molecule has 98 valence electrons. The molecule has 0 bridgehead atoms. The van der Waals surface area contributed by atoms with Crippen LogP contribution in [0.25, 0.3) is 0 Å². The Morgan fingerprint density at radius 2 is 1.37 bits per heavy atom. The van der Waals surface area contributed by atoms with Gasteiger partial charge in [-0.3, -0.25) is 0 Å². The lowest BCUT2D eigenvalue weighted by Crippen LogP contribution is -2.22. The Bertz CT molecular complexity index is 470. The molecule has 0 atom stereocenters. The molecule has 0 saturated heterocycles. The minimum absolute atomic E-state index is 0.248. The van der Waals surface area contributed by atoms with E-state index in [0.717, 1.165) is 6.54 Å². The quantitative estimate of drug-likeness (QED) is 0.780. The Balaban J connectivity index is 2.21. The zero-order chi connectivity index (χ0) is 13.5. The molecule has 0 aliphatic carbocycles. The third kappa shape index (κ3) is 4.08. The summed E-state index contributed by atoms with van der Waals surface area (Å²) in [6.07, 6.45) is 2.22. The van der Waals surface area contributed by atoms with Crippen LogP contribution in [0.1, 0.15) is 31.0 Å². The van der Waals surface area contributed by atoms with Crippen LogP contribution in [0.5, 0.6) is 0 Å². The number of nitrogens with one attached hydrogen (secondary N) is 1. The number of rotatable bonds is 5. The van der Waals surface area contributed by atoms with E-state index in [1.807, 2.05) is 0 Å². The van der Waals surface area contributed by atoms with Crippen molar-refractivity contribution in [2.45, 2.75) is 19.9 Å². The molecule has 2 rings (SSSR count). The van der Waals surface area contributed by atoms with Gasteiger partial charge in [0.25, 0.3) is 0 Å². The predicted molar refractivity (Wildman–Crippen MR) is 82.2 cm³/mol. The van der Waals surface area contributed by atoms with Gasteiger partial charge in [-0.25, -0.2) is 0 Å². The first-order chi connectivity index (χ1) is 9.27. The van der Waals surface area contributed by atoms with Crippen molar-refractivity contribution < 1.29 is 0 Å². The van der Waals surface area contributed by atoms with E-state index in [1.54, 1.807) is 0 Å². The highest BCUT2D eigenvalue weighted by Crippen LogP contribution is 2.21. The van der Waals surface area contributed by atoms with Crippen molar-refractivity contribution in [2.24, 2.45) is 0 Å². The van der Waals surface area contributed by atoms with Crippen molar-refractivity contribution in [3.05, 3.63) is 83.4 Å². The third-order valence-corrected chi connectivity index (χ3v) is 3.10. The SMILES string of the molecule is CC(C)=CCNC(c1ccccc1)c1ccccc1. The van der Waals surface area contributed by atoms with Gasteiger partial charge < -0.3 is 5.32 Å². The molecule has 0 aliphatic heterocycles. The van der Waals surface area contributed by atoms with Gasteiger partial charge in [-0.05, 0) is 25.0 Å². The fraction of sp³-hybridized carbons (Fsp3) is 0.222. The standard InChI is InChI=1S/C18H21N/c1-15(2)13-14-19-18(16-9-5-3-6-10-16)17-11-7-4-8-12-17/h3-13,18-19H,14H2,1-2H3. The molecule has 0 spiro atoms. The summed E-state index contributed by atoms with van der Waals surface area (Å²) in [5, 5.41) is 3.61. The summed E-state index contributed by atoms with van der Waals surface area (Å²) in [5.41, 5.74) is 3.94. The van der Waals surface area contributed by atoms with Gasteiger partial charge in [0.05, 0.1) is 6.04 Å². The second-order valence-electron chi connectivity index (χ2n) is 4.94. The summed E-state index contributed by atoms with van der Waals surface area (Å²) >= 11 is 0. The molecular formula is C18H21N. The van der Waals surface area contributed by atoms with Gasteiger partial charge in [0, 0.05) is 6.54 Å².